The highest BCUT2D eigenvalue weighted by Gasteiger charge is 2.24. The zero-order valence-electron chi connectivity index (χ0n) is 11.2. The van der Waals surface area contributed by atoms with Gasteiger partial charge in [-0.2, -0.15) is 0 Å². The lowest BCUT2D eigenvalue weighted by atomic mass is 10.1. The second-order valence-electron chi connectivity index (χ2n) is 5.35. The highest BCUT2D eigenvalue weighted by molar-refractivity contribution is 5.24. The molecule has 100 valence electrons. The molecule has 0 aromatic heterocycles. The molecule has 1 fully saturated rings. The van der Waals surface area contributed by atoms with E-state index in [0.29, 0.717) is 6.54 Å². The Morgan fingerprint density at radius 1 is 1.28 bits per heavy atom. The average molecular weight is 250 g/mol. The van der Waals surface area contributed by atoms with Crippen LogP contribution < -0.4 is 5.73 Å². The first-order chi connectivity index (χ1) is 8.71. The Balaban J connectivity index is 2.01. The molecule has 0 heterocycles. The molecule has 0 saturated heterocycles. The Bertz CT molecular complexity index is 388. The third-order valence-corrected chi connectivity index (χ3v) is 3.41. The molecule has 0 radical (unpaired) electrons. The summed E-state index contributed by atoms with van der Waals surface area (Å²) in [5.41, 5.74) is 7.52. The number of hydrogen-bond acceptors (Lipinski definition) is 2. The van der Waals surface area contributed by atoms with E-state index in [0.717, 1.165) is 43.1 Å². The van der Waals surface area contributed by atoms with E-state index in [4.69, 9.17) is 5.73 Å². The first-order valence-corrected chi connectivity index (χ1v) is 6.92. The van der Waals surface area contributed by atoms with Gasteiger partial charge in [0.1, 0.15) is 5.82 Å². The summed E-state index contributed by atoms with van der Waals surface area (Å²) in [7, 11) is 0. The fraction of sp³-hybridized carbons (Fsp3) is 0.600. The van der Waals surface area contributed by atoms with Crippen molar-refractivity contribution in [1.29, 1.82) is 0 Å². The first kappa shape index (κ1) is 13.5. The predicted molar refractivity (Wildman–Crippen MR) is 72.6 cm³/mol. The summed E-state index contributed by atoms with van der Waals surface area (Å²) in [6.07, 6.45) is 3.86. The zero-order chi connectivity index (χ0) is 13.0. The summed E-state index contributed by atoms with van der Waals surface area (Å²) in [5.74, 6) is 0.704. The average Bonchev–Trinajstić information content (AvgIpc) is 3.12. The van der Waals surface area contributed by atoms with E-state index in [-0.39, 0.29) is 5.82 Å². The van der Waals surface area contributed by atoms with Crippen LogP contribution in [0, 0.1) is 11.7 Å². The van der Waals surface area contributed by atoms with Gasteiger partial charge in [0.15, 0.2) is 0 Å². The Kier molecular flexibility index (Phi) is 4.72. The second-order valence-corrected chi connectivity index (χ2v) is 5.35. The Morgan fingerprint density at radius 3 is 2.61 bits per heavy atom. The Hall–Kier alpha value is -0.930. The summed E-state index contributed by atoms with van der Waals surface area (Å²) in [4.78, 5) is 2.44. The van der Waals surface area contributed by atoms with Gasteiger partial charge in [-0.05, 0) is 55.0 Å². The van der Waals surface area contributed by atoms with Crippen molar-refractivity contribution in [2.75, 3.05) is 13.1 Å². The lowest BCUT2D eigenvalue weighted by molar-refractivity contribution is 0.254. The number of nitrogens with two attached hydrogens (primary N) is 1. The van der Waals surface area contributed by atoms with Crippen LogP contribution in [0.3, 0.4) is 0 Å². The molecule has 0 aliphatic heterocycles. The number of rotatable bonds is 7. The number of nitrogens with zero attached hydrogens (tertiary/aromatic N) is 1. The molecule has 2 rings (SSSR count). The van der Waals surface area contributed by atoms with Gasteiger partial charge in [0.25, 0.3) is 0 Å². The monoisotopic (exact) mass is 250 g/mol. The SMILES string of the molecule is CCCN(Cc1cc(F)cc(CN)c1)CC1CC1. The van der Waals surface area contributed by atoms with Crippen LogP contribution in [0.4, 0.5) is 4.39 Å². The van der Waals surface area contributed by atoms with Crippen molar-refractivity contribution < 1.29 is 4.39 Å². The lowest BCUT2D eigenvalue weighted by Gasteiger charge is -2.22. The third-order valence-electron chi connectivity index (χ3n) is 3.41. The lowest BCUT2D eigenvalue weighted by Crippen LogP contribution is -2.26. The summed E-state index contributed by atoms with van der Waals surface area (Å²) in [5, 5.41) is 0. The number of hydrogen-bond donors (Lipinski definition) is 1. The smallest absolute Gasteiger partial charge is 0.123 e. The van der Waals surface area contributed by atoms with Gasteiger partial charge in [0.05, 0.1) is 0 Å². The molecule has 1 aliphatic rings. The van der Waals surface area contributed by atoms with E-state index in [1.165, 1.54) is 18.9 Å². The maximum atomic E-state index is 13.5. The van der Waals surface area contributed by atoms with Gasteiger partial charge in [0, 0.05) is 19.6 Å². The summed E-state index contributed by atoms with van der Waals surface area (Å²) < 4.78 is 13.5. The topological polar surface area (TPSA) is 29.3 Å². The summed E-state index contributed by atoms with van der Waals surface area (Å²) in [6, 6.07) is 5.18. The van der Waals surface area contributed by atoms with Crippen LogP contribution in [-0.4, -0.2) is 18.0 Å². The fourth-order valence-electron chi connectivity index (χ4n) is 2.40. The minimum absolute atomic E-state index is 0.171. The van der Waals surface area contributed by atoms with Crippen molar-refractivity contribution in [3.8, 4) is 0 Å². The second kappa shape index (κ2) is 6.30. The van der Waals surface area contributed by atoms with Crippen LogP contribution in [0.2, 0.25) is 0 Å². The molecule has 0 bridgehead atoms. The van der Waals surface area contributed by atoms with Crippen LogP contribution in [0.1, 0.15) is 37.3 Å². The van der Waals surface area contributed by atoms with E-state index >= 15 is 0 Å². The molecule has 2 N–H and O–H groups in total. The standard InChI is InChI=1S/C15H23FN2/c1-2-5-18(10-12-3-4-12)11-14-6-13(9-17)7-15(16)8-14/h6-8,12H,2-5,9-11,17H2,1H3. The van der Waals surface area contributed by atoms with Gasteiger partial charge in [-0.1, -0.05) is 13.0 Å². The van der Waals surface area contributed by atoms with Crippen molar-refractivity contribution in [3.05, 3.63) is 35.1 Å². The molecule has 3 heteroatoms. The van der Waals surface area contributed by atoms with Gasteiger partial charge < -0.3 is 5.73 Å². The highest BCUT2D eigenvalue weighted by Crippen LogP contribution is 2.30. The van der Waals surface area contributed by atoms with E-state index in [2.05, 4.69) is 11.8 Å². The molecule has 0 unspecified atom stereocenters. The largest absolute Gasteiger partial charge is 0.326 e. The molecule has 0 amide bonds. The highest BCUT2D eigenvalue weighted by atomic mass is 19.1. The molecule has 0 spiro atoms. The molecule has 0 atom stereocenters. The molecular formula is C15H23FN2. The molecule has 2 nitrogen and oxygen atoms in total. The first-order valence-electron chi connectivity index (χ1n) is 6.92. The minimum atomic E-state index is -0.171. The van der Waals surface area contributed by atoms with Crippen LogP contribution in [0.5, 0.6) is 0 Å². The summed E-state index contributed by atoms with van der Waals surface area (Å²) in [6.45, 7) is 5.68. The zero-order valence-corrected chi connectivity index (χ0v) is 11.2. The maximum Gasteiger partial charge on any atom is 0.123 e. The molecule has 1 aromatic carbocycles. The van der Waals surface area contributed by atoms with Crippen LogP contribution >= 0.6 is 0 Å². The Morgan fingerprint density at radius 2 is 2.00 bits per heavy atom. The van der Waals surface area contributed by atoms with Crippen LogP contribution in [0.25, 0.3) is 0 Å². The van der Waals surface area contributed by atoms with Gasteiger partial charge >= 0.3 is 0 Å². The third kappa shape index (κ3) is 4.07. The van der Waals surface area contributed by atoms with Gasteiger partial charge in [-0.3, -0.25) is 4.90 Å². The normalized spacial score (nSPS) is 15.3. The van der Waals surface area contributed by atoms with Crippen molar-refractivity contribution in [3.63, 3.8) is 0 Å². The molecular weight excluding hydrogens is 227 g/mol. The predicted octanol–water partition coefficient (Wildman–Crippen LogP) is 2.91. The minimum Gasteiger partial charge on any atom is -0.326 e. The summed E-state index contributed by atoms with van der Waals surface area (Å²) >= 11 is 0. The quantitative estimate of drug-likeness (QED) is 0.806. The maximum absolute atomic E-state index is 13.5. The van der Waals surface area contributed by atoms with Gasteiger partial charge in [0.2, 0.25) is 0 Å². The fourth-order valence-corrected chi connectivity index (χ4v) is 2.40. The van der Waals surface area contributed by atoms with E-state index in [1.807, 2.05) is 6.07 Å². The Labute approximate surface area is 109 Å². The van der Waals surface area contributed by atoms with Gasteiger partial charge in [-0.25, -0.2) is 4.39 Å². The molecule has 1 aliphatic carbocycles. The van der Waals surface area contributed by atoms with E-state index in [9.17, 15) is 4.39 Å². The number of benzene rings is 1. The number of halogens is 1. The van der Waals surface area contributed by atoms with E-state index in [1.54, 1.807) is 6.07 Å². The van der Waals surface area contributed by atoms with Gasteiger partial charge in [-0.15, -0.1) is 0 Å². The van der Waals surface area contributed by atoms with Crippen molar-refractivity contribution in [2.45, 2.75) is 39.3 Å². The van der Waals surface area contributed by atoms with Crippen molar-refractivity contribution >= 4 is 0 Å². The van der Waals surface area contributed by atoms with Crippen LogP contribution in [-0.2, 0) is 13.1 Å². The molecule has 18 heavy (non-hydrogen) atoms. The van der Waals surface area contributed by atoms with E-state index < -0.39 is 0 Å². The molecule has 1 aromatic rings. The van der Waals surface area contributed by atoms with Crippen LogP contribution in [0.15, 0.2) is 18.2 Å². The van der Waals surface area contributed by atoms with Crippen molar-refractivity contribution in [2.24, 2.45) is 11.7 Å². The molecule has 1 saturated carbocycles. The van der Waals surface area contributed by atoms with Crippen molar-refractivity contribution in [1.82, 2.24) is 4.90 Å².